The lowest BCUT2D eigenvalue weighted by atomic mass is 9.83. The van der Waals surface area contributed by atoms with Gasteiger partial charge in [-0.25, -0.2) is 17.2 Å². The average Bonchev–Trinajstić information content (AvgIpc) is 2.97. The number of carbonyl (C=O) groups is 3. The Hall–Kier alpha value is -3.49. The van der Waals surface area contributed by atoms with Gasteiger partial charge < -0.3 is 26.2 Å². The lowest BCUT2D eigenvalue weighted by Gasteiger charge is -2.34. The van der Waals surface area contributed by atoms with Crippen molar-refractivity contribution < 1.29 is 41.8 Å². The van der Waals surface area contributed by atoms with Crippen LogP contribution in [0.3, 0.4) is 0 Å². The molecule has 256 valence electrons. The third-order valence-corrected chi connectivity index (χ3v) is 9.04. The minimum Gasteiger partial charge on any atom is -0.390 e. The van der Waals surface area contributed by atoms with E-state index < -0.39 is 87.5 Å². The summed E-state index contributed by atoms with van der Waals surface area (Å²) < 4.78 is 54.0. The minimum atomic E-state index is -3.87. The van der Waals surface area contributed by atoms with Gasteiger partial charge in [0, 0.05) is 18.8 Å². The quantitative estimate of drug-likeness (QED) is 0.161. The number of halogens is 2. The van der Waals surface area contributed by atoms with Crippen molar-refractivity contribution in [1.29, 1.82) is 0 Å². The highest BCUT2D eigenvalue weighted by molar-refractivity contribution is 7.91. The number of carbonyl (C=O) groups excluding carboxylic acids is 3. The van der Waals surface area contributed by atoms with E-state index in [1.54, 1.807) is 26.8 Å². The smallest absolute Gasteiger partial charge is 0.270 e. The Labute approximate surface area is 269 Å². The molecule has 0 saturated heterocycles. The monoisotopic (exact) mass is 668 g/mol. The summed E-state index contributed by atoms with van der Waals surface area (Å²) in [6.07, 6.45) is -1.81. The maximum absolute atomic E-state index is 14.1. The van der Waals surface area contributed by atoms with Crippen LogP contribution in [0.25, 0.3) is 0 Å². The number of sulfone groups is 1. The van der Waals surface area contributed by atoms with Crippen molar-refractivity contribution in [2.75, 3.05) is 18.1 Å². The van der Waals surface area contributed by atoms with Crippen molar-refractivity contribution in [3.05, 3.63) is 65.5 Å². The van der Waals surface area contributed by atoms with Crippen molar-refractivity contribution in [1.82, 2.24) is 20.9 Å². The van der Waals surface area contributed by atoms with E-state index in [0.29, 0.717) is 25.5 Å². The molecule has 2 aromatic rings. The van der Waals surface area contributed by atoms with Gasteiger partial charge in [0.25, 0.3) is 5.91 Å². The second-order valence-electron chi connectivity index (χ2n) is 12.2. The summed E-state index contributed by atoms with van der Waals surface area (Å²) in [7, 11) is -3.87. The van der Waals surface area contributed by atoms with Gasteiger partial charge in [0.15, 0.2) is 9.84 Å². The first-order chi connectivity index (χ1) is 21.5. The summed E-state index contributed by atoms with van der Waals surface area (Å²) in [4.78, 5) is 43.6. The van der Waals surface area contributed by atoms with E-state index in [9.17, 15) is 41.8 Å². The van der Waals surface area contributed by atoms with Gasteiger partial charge in [-0.1, -0.05) is 47.1 Å². The summed E-state index contributed by atoms with van der Waals surface area (Å²) >= 11 is 0. The Morgan fingerprint density at radius 3 is 2.13 bits per heavy atom. The molecule has 0 aliphatic carbocycles. The van der Waals surface area contributed by atoms with Gasteiger partial charge in [-0.05, 0) is 54.5 Å². The van der Waals surface area contributed by atoms with E-state index in [-0.39, 0.29) is 22.9 Å². The lowest BCUT2D eigenvalue weighted by Crippen LogP contribution is -2.59. The molecule has 0 bridgehead atoms. The van der Waals surface area contributed by atoms with Crippen LogP contribution in [0, 0.1) is 29.4 Å². The molecule has 5 N–H and O–H groups in total. The number of pyridine rings is 1. The van der Waals surface area contributed by atoms with Crippen molar-refractivity contribution >= 4 is 27.6 Å². The molecule has 5 atom stereocenters. The zero-order valence-corrected chi connectivity index (χ0v) is 27.7. The molecule has 0 fully saturated rings. The highest BCUT2D eigenvalue weighted by atomic mass is 32.2. The summed E-state index contributed by atoms with van der Waals surface area (Å²) in [5.74, 6) is -6.83. The first-order valence-electron chi connectivity index (χ1n) is 15.4. The van der Waals surface area contributed by atoms with Gasteiger partial charge in [-0.15, -0.1) is 0 Å². The maximum atomic E-state index is 14.1. The van der Waals surface area contributed by atoms with Gasteiger partial charge >= 0.3 is 0 Å². The summed E-state index contributed by atoms with van der Waals surface area (Å²) in [5, 5.41) is 30.3. The number of nitrogens with zero attached hydrogens (tertiary/aromatic N) is 1. The third kappa shape index (κ3) is 12.4. The molecule has 1 heterocycles. The predicted molar refractivity (Wildman–Crippen MR) is 169 cm³/mol. The summed E-state index contributed by atoms with van der Waals surface area (Å²) in [5.41, 5.74) is -0.0790. The van der Waals surface area contributed by atoms with Gasteiger partial charge in [0.2, 0.25) is 11.8 Å². The normalized spacial score (nSPS) is 15.1. The molecule has 14 heteroatoms. The van der Waals surface area contributed by atoms with E-state index >= 15 is 0 Å². The Bertz CT molecular complexity index is 1390. The molecule has 0 spiro atoms. The molecule has 46 heavy (non-hydrogen) atoms. The van der Waals surface area contributed by atoms with Crippen LogP contribution in [0.15, 0.2) is 42.6 Å². The first-order valence-corrected chi connectivity index (χ1v) is 17.2. The molecule has 0 saturated carbocycles. The number of aliphatic hydroxyl groups is 2. The largest absolute Gasteiger partial charge is 0.390 e. The van der Waals surface area contributed by atoms with E-state index in [1.165, 1.54) is 18.3 Å². The van der Waals surface area contributed by atoms with Crippen molar-refractivity contribution in [2.45, 2.75) is 78.2 Å². The lowest BCUT2D eigenvalue weighted by molar-refractivity contribution is -0.136. The SMILES string of the molecule is CCCCS(=O)(=O)CC(NC(=O)c1ccccn1)C(=O)N[C@@H](Cc1cc(F)cc(F)c1)[C@@H](O)[C@H](O)[C@H](C(=O)NCC(C)C)C(C)C. The molecule has 1 aromatic heterocycles. The van der Waals surface area contributed by atoms with Crippen LogP contribution < -0.4 is 16.0 Å². The second kappa shape index (κ2) is 18.0. The number of aliphatic hydroxyl groups excluding tert-OH is 2. The van der Waals surface area contributed by atoms with E-state index in [0.717, 1.165) is 12.1 Å². The zero-order valence-electron chi connectivity index (χ0n) is 26.9. The highest BCUT2D eigenvalue weighted by Gasteiger charge is 2.40. The van der Waals surface area contributed by atoms with Gasteiger partial charge in [0.1, 0.15) is 29.5 Å². The molecular weight excluding hydrogens is 622 g/mol. The van der Waals surface area contributed by atoms with Gasteiger partial charge in [-0.2, -0.15) is 0 Å². The Kier molecular flexibility index (Phi) is 15.1. The number of benzene rings is 1. The topological polar surface area (TPSA) is 175 Å². The average molecular weight is 669 g/mol. The molecule has 3 amide bonds. The second-order valence-corrected chi connectivity index (χ2v) is 14.4. The minimum absolute atomic E-state index is 0.00375. The fourth-order valence-electron chi connectivity index (χ4n) is 4.86. The van der Waals surface area contributed by atoms with E-state index in [2.05, 4.69) is 20.9 Å². The molecular formula is C32H46F2N4O7S. The van der Waals surface area contributed by atoms with Crippen LogP contribution in [-0.2, 0) is 25.8 Å². The molecule has 0 radical (unpaired) electrons. The fraction of sp³-hybridized carbons (Fsp3) is 0.562. The van der Waals surface area contributed by atoms with Crippen LogP contribution >= 0.6 is 0 Å². The standard InChI is InChI=1S/C32H46F2N4O7S/c1-6-7-12-46(44,45)18-26(38-30(41)24-10-8-9-11-35-24)31(42)37-25(15-21-13-22(33)16-23(34)14-21)28(39)29(40)27(20(4)5)32(43)36-17-19(2)3/h8-11,13-14,16,19-20,25-29,39-40H,6-7,12,15,17-18H2,1-5H3,(H,36,43)(H,37,42)(H,38,41)/t25-,26?,27+,28+,29+/m0/s1. The maximum Gasteiger partial charge on any atom is 0.270 e. The van der Waals surface area contributed by atoms with Crippen LogP contribution in [0.1, 0.15) is 63.5 Å². The number of aromatic nitrogens is 1. The van der Waals surface area contributed by atoms with E-state index in [1.807, 2.05) is 13.8 Å². The molecule has 0 aliphatic heterocycles. The van der Waals surface area contributed by atoms with Crippen LogP contribution in [-0.4, -0.2) is 83.7 Å². The summed E-state index contributed by atoms with van der Waals surface area (Å²) in [6.45, 7) is 9.18. The Morgan fingerprint density at radius 2 is 1.59 bits per heavy atom. The van der Waals surface area contributed by atoms with Crippen molar-refractivity contribution in [2.24, 2.45) is 17.8 Å². The molecule has 0 aliphatic rings. The van der Waals surface area contributed by atoms with Crippen molar-refractivity contribution in [3.8, 4) is 0 Å². The third-order valence-electron chi connectivity index (χ3n) is 7.29. The number of rotatable bonds is 18. The first kappa shape index (κ1) is 38.7. The number of unbranched alkanes of at least 4 members (excludes halogenated alkanes) is 1. The van der Waals surface area contributed by atoms with Crippen LogP contribution in [0.4, 0.5) is 8.78 Å². The van der Waals surface area contributed by atoms with Crippen LogP contribution in [0.5, 0.6) is 0 Å². The number of amides is 3. The van der Waals surface area contributed by atoms with E-state index in [4.69, 9.17) is 0 Å². The zero-order chi connectivity index (χ0) is 34.6. The Morgan fingerprint density at radius 1 is 0.935 bits per heavy atom. The molecule has 1 unspecified atom stereocenters. The molecule has 11 nitrogen and oxygen atoms in total. The number of nitrogens with one attached hydrogen (secondary N) is 3. The Balaban J connectivity index is 2.48. The number of hydrogen-bond acceptors (Lipinski definition) is 8. The van der Waals surface area contributed by atoms with Gasteiger partial charge in [-0.3, -0.25) is 19.4 Å². The number of hydrogen-bond donors (Lipinski definition) is 5. The molecule has 1 aromatic carbocycles. The summed E-state index contributed by atoms with van der Waals surface area (Å²) in [6, 6.07) is 3.92. The fourth-order valence-corrected chi connectivity index (χ4v) is 6.50. The molecule has 2 rings (SSSR count). The van der Waals surface area contributed by atoms with Crippen molar-refractivity contribution in [3.63, 3.8) is 0 Å². The van der Waals surface area contributed by atoms with Gasteiger partial charge in [0.05, 0.1) is 29.6 Å². The van der Waals surface area contributed by atoms with Crippen LogP contribution in [0.2, 0.25) is 0 Å². The highest BCUT2D eigenvalue weighted by Crippen LogP contribution is 2.22. The predicted octanol–water partition coefficient (Wildman–Crippen LogP) is 2.17.